The molecule has 1 fully saturated rings. The van der Waals surface area contributed by atoms with Gasteiger partial charge in [0.25, 0.3) is 5.91 Å². The molecule has 1 amide bonds. The Hall–Kier alpha value is -3.11. The second-order valence-electron chi connectivity index (χ2n) is 7.17. The molecule has 0 atom stereocenters. The summed E-state index contributed by atoms with van der Waals surface area (Å²) in [6, 6.07) is 11.1. The molecule has 0 unspecified atom stereocenters. The van der Waals surface area contributed by atoms with Gasteiger partial charge < -0.3 is 4.90 Å². The molecule has 1 aliphatic heterocycles. The first-order valence-corrected chi connectivity index (χ1v) is 11.4. The minimum Gasteiger partial charge on any atom is -0.335 e. The predicted molar refractivity (Wildman–Crippen MR) is 112 cm³/mol. The summed E-state index contributed by atoms with van der Waals surface area (Å²) in [5.41, 5.74) is 2.71. The first-order valence-electron chi connectivity index (χ1n) is 9.52. The normalized spacial score (nSPS) is 15.3. The summed E-state index contributed by atoms with van der Waals surface area (Å²) in [6.07, 6.45) is 4.76. The van der Waals surface area contributed by atoms with Gasteiger partial charge >= 0.3 is 0 Å². The van der Waals surface area contributed by atoms with E-state index in [0.29, 0.717) is 30.3 Å². The molecule has 3 aromatic rings. The molecule has 10 heteroatoms. The number of piperazine rings is 1. The zero-order valence-corrected chi connectivity index (χ0v) is 17.6. The van der Waals surface area contributed by atoms with E-state index >= 15 is 0 Å². The van der Waals surface area contributed by atoms with Gasteiger partial charge in [0, 0.05) is 49.8 Å². The van der Waals surface area contributed by atoms with E-state index < -0.39 is 10.0 Å². The summed E-state index contributed by atoms with van der Waals surface area (Å²) in [7, 11) is -3.25. The molecule has 30 heavy (non-hydrogen) atoms. The first kappa shape index (κ1) is 20.2. The van der Waals surface area contributed by atoms with Crippen molar-refractivity contribution in [2.45, 2.75) is 6.92 Å². The van der Waals surface area contributed by atoms with Crippen LogP contribution in [0.5, 0.6) is 0 Å². The lowest BCUT2D eigenvalue weighted by molar-refractivity contribution is 0.0692. The molecular formula is C20H22N6O3S. The Kier molecular flexibility index (Phi) is 5.35. The largest absolute Gasteiger partial charge is 0.335 e. The highest BCUT2D eigenvalue weighted by Gasteiger charge is 2.27. The van der Waals surface area contributed by atoms with Gasteiger partial charge in [-0.05, 0) is 43.3 Å². The number of benzene rings is 1. The zero-order chi connectivity index (χ0) is 21.3. The maximum Gasteiger partial charge on any atom is 0.272 e. The fraction of sp³-hybridized carbons (Fsp3) is 0.300. The minimum absolute atomic E-state index is 0.219. The van der Waals surface area contributed by atoms with E-state index in [0.717, 1.165) is 11.3 Å². The second-order valence-corrected chi connectivity index (χ2v) is 9.15. The fourth-order valence-electron chi connectivity index (χ4n) is 3.38. The van der Waals surface area contributed by atoms with Crippen molar-refractivity contribution in [2.24, 2.45) is 0 Å². The van der Waals surface area contributed by atoms with Crippen LogP contribution in [0.1, 0.15) is 16.2 Å². The molecular weight excluding hydrogens is 404 g/mol. The van der Waals surface area contributed by atoms with Gasteiger partial charge in [-0.2, -0.15) is 9.40 Å². The van der Waals surface area contributed by atoms with E-state index in [1.807, 2.05) is 43.5 Å². The van der Waals surface area contributed by atoms with Crippen LogP contribution in [0.3, 0.4) is 0 Å². The number of nitrogens with zero attached hydrogens (tertiary/aromatic N) is 6. The van der Waals surface area contributed by atoms with Crippen LogP contribution < -0.4 is 0 Å². The summed E-state index contributed by atoms with van der Waals surface area (Å²) in [4.78, 5) is 23.5. The monoisotopic (exact) mass is 426 g/mol. The van der Waals surface area contributed by atoms with Crippen LogP contribution >= 0.6 is 0 Å². The van der Waals surface area contributed by atoms with E-state index in [1.54, 1.807) is 21.8 Å². The van der Waals surface area contributed by atoms with Crippen molar-refractivity contribution in [2.75, 3.05) is 32.4 Å². The third kappa shape index (κ3) is 4.24. The molecule has 3 heterocycles. The average Bonchev–Trinajstić information content (AvgIpc) is 3.27. The van der Waals surface area contributed by atoms with Crippen LogP contribution in [0, 0.1) is 6.92 Å². The molecule has 4 rings (SSSR count). The molecule has 0 spiro atoms. The molecule has 9 nitrogen and oxygen atoms in total. The van der Waals surface area contributed by atoms with Gasteiger partial charge in [0.15, 0.2) is 5.82 Å². The van der Waals surface area contributed by atoms with Crippen molar-refractivity contribution in [3.05, 3.63) is 60.2 Å². The van der Waals surface area contributed by atoms with Crippen molar-refractivity contribution in [1.29, 1.82) is 0 Å². The van der Waals surface area contributed by atoms with Crippen molar-refractivity contribution in [3.8, 4) is 17.1 Å². The van der Waals surface area contributed by atoms with Gasteiger partial charge in [0.1, 0.15) is 5.69 Å². The molecule has 0 aliphatic carbocycles. The van der Waals surface area contributed by atoms with E-state index in [9.17, 15) is 13.2 Å². The van der Waals surface area contributed by atoms with Gasteiger partial charge in [-0.25, -0.2) is 23.1 Å². The molecule has 0 saturated carbocycles. The molecule has 0 radical (unpaired) electrons. The highest BCUT2D eigenvalue weighted by atomic mass is 32.2. The highest BCUT2D eigenvalue weighted by Crippen LogP contribution is 2.19. The van der Waals surface area contributed by atoms with Crippen molar-refractivity contribution in [3.63, 3.8) is 0 Å². The number of hydrogen-bond acceptors (Lipinski definition) is 6. The molecule has 0 N–H and O–H groups in total. The summed E-state index contributed by atoms with van der Waals surface area (Å²) in [6.45, 7) is 3.07. The second kappa shape index (κ2) is 7.96. The smallest absolute Gasteiger partial charge is 0.272 e. The predicted octanol–water partition coefficient (Wildman–Crippen LogP) is 1.36. The van der Waals surface area contributed by atoms with Crippen LogP contribution in [-0.2, 0) is 10.0 Å². The number of hydrogen-bond donors (Lipinski definition) is 0. The summed E-state index contributed by atoms with van der Waals surface area (Å²) in [5.74, 6) is 0.253. The molecule has 0 bridgehead atoms. The minimum atomic E-state index is -3.25. The van der Waals surface area contributed by atoms with Gasteiger partial charge in [-0.3, -0.25) is 4.79 Å². The molecule has 1 aliphatic rings. The third-order valence-electron chi connectivity index (χ3n) is 4.96. The number of rotatable bonds is 4. The van der Waals surface area contributed by atoms with Crippen LogP contribution in [0.15, 0.2) is 48.8 Å². The van der Waals surface area contributed by atoms with Gasteiger partial charge in [-0.1, -0.05) is 0 Å². The van der Waals surface area contributed by atoms with E-state index in [1.165, 1.54) is 10.6 Å². The maximum absolute atomic E-state index is 13.0. The maximum atomic E-state index is 13.0. The Balaban J connectivity index is 1.54. The lowest BCUT2D eigenvalue weighted by Crippen LogP contribution is -2.50. The van der Waals surface area contributed by atoms with Crippen LogP contribution in [0.2, 0.25) is 0 Å². The Morgan fingerprint density at radius 2 is 1.73 bits per heavy atom. The number of aromatic nitrogens is 4. The quantitative estimate of drug-likeness (QED) is 0.624. The standard InChI is InChI=1S/C20H22N6O3S/c1-15-14-18(20(27)24-10-12-25(13-11-24)30(2,28)29)23-19(22-15)16-4-6-17(7-5-16)26-9-3-8-21-26/h3-9,14H,10-13H2,1-2H3. The van der Waals surface area contributed by atoms with Gasteiger partial charge in [0.2, 0.25) is 10.0 Å². The SMILES string of the molecule is Cc1cc(C(=O)N2CCN(S(C)(=O)=O)CC2)nc(-c2ccc(-n3cccn3)cc2)n1. The Bertz CT molecular complexity index is 1150. The Labute approximate surface area is 175 Å². The Morgan fingerprint density at radius 3 is 2.33 bits per heavy atom. The number of amides is 1. The fourth-order valence-corrected chi connectivity index (χ4v) is 4.20. The molecule has 156 valence electrons. The van der Waals surface area contributed by atoms with Gasteiger partial charge in [-0.15, -0.1) is 0 Å². The van der Waals surface area contributed by atoms with Crippen LogP contribution in [0.25, 0.3) is 17.1 Å². The van der Waals surface area contributed by atoms with E-state index in [4.69, 9.17) is 0 Å². The van der Waals surface area contributed by atoms with Crippen LogP contribution in [-0.4, -0.2) is 75.7 Å². The zero-order valence-electron chi connectivity index (χ0n) is 16.8. The van der Waals surface area contributed by atoms with Gasteiger partial charge in [0.05, 0.1) is 11.9 Å². The van der Waals surface area contributed by atoms with Crippen molar-refractivity contribution >= 4 is 15.9 Å². The molecule has 1 aromatic carbocycles. The van der Waals surface area contributed by atoms with Crippen molar-refractivity contribution in [1.82, 2.24) is 29.0 Å². The Morgan fingerprint density at radius 1 is 1.03 bits per heavy atom. The topological polar surface area (TPSA) is 101 Å². The van der Waals surface area contributed by atoms with Crippen molar-refractivity contribution < 1.29 is 13.2 Å². The number of carbonyl (C=O) groups excluding carboxylic acids is 1. The highest BCUT2D eigenvalue weighted by molar-refractivity contribution is 7.88. The first-order chi connectivity index (χ1) is 14.3. The van der Waals surface area contributed by atoms with E-state index in [2.05, 4.69) is 15.1 Å². The lowest BCUT2D eigenvalue weighted by atomic mass is 10.1. The van der Waals surface area contributed by atoms with E-state index in [-0.39, 0.29) is 19.0 Å². The number of aryl methyl sites for hydroxylation is 1. The summed E-state index contributed by atoms with van der Waals surface area (Å²) < 4.78 is 26.5. The molecule has 1 saturated heterocycles. The lowest BCUT2D eigenvalue weighted by Gasteiger charge is -2.33. The van der Waals surface area contributed by atoms with Crippen LogP contribution in [0.4, 0.5) is 0 Å². The average molecular weight is 427 g/mol. The molecule has 2 aromatic heterocycles. The number of carbonyl (C=O) groups is 1. The summed E-state index contributed by atoms with van der Waals surface area (Å²) in [5, 5.41) is 4.21. The third-order valence-corrected chi connectivity index (χ3v) is 6.27. The number of sulfonamides is 1. The summed E-state index contributed by atoms with van der Waals surface area (Å²) >= 11 is 0.